The summed E-state index contributed by atoms with van der Waals surface area (Å²) in [7, 11) is 0. The van der Waals surface area contributed by atoms with Crippen LogP contribution in [-0.4, -0.2) is 16.5 Å². The second-order valence-corrected chi connectivity index (χ2v) is 5.27. The molecule has 1 aromatic heterocycles. The number of anilines is 1. The molecule has 0 aliphatic carbocycles. The van der Waals surface area contributed by atoms with Crippen LogP contribution in [0, 0.1) is 10.1 Å². The van der Waals surface area contributed by atoms with E-state index in [0.717, 1.165) is 17.1 Å². The molecule has 0 saturated carbocycles. The predicted octanol–water partition coefficient (Wildman–Crippen LogP) is 4.01. The van der Waals surface area contributed by atoms with Crippen LogP contribution >= 0.6 is 11.3 Å². The van der Waals surface area contributed by atoms with E-state index < -0.39 is 4.92 Å². The van der Waals surface area contributed by atoms with E-state index in [-0.39, 0.29) is 17.5 Å². The molecule has 1 heterocycles. The Morgan fingerprint density at radius 2 is 2.29 bits per heavy atom. The molecule has 2 aromatic rings. The Bertz CT molecular complexity index is 602. The highest BCUT2D eigenvalue weighted by molar-refractivity contribution is 7.09. The maximum absolute atomic E-state index is 11.0. The summed E-state index contributed by atoms with van der Waals surface area (Å²) >= 11 is 1.58. The molecule has 0 radical (unpaired) electrons. The summed E-state index contributed by atoms with van der Waals surface area (Å²) in [5.74, 6) is 0.279. The Morgan fingerprint density at radius 3 is 2.86 bits per heavy atom. The zero-order valence-electron chi connectivity index (χ0n) is 11.9. The first kappa shape index (κ1) is 15.2. The van der Waals surface area contributed by atoms with Crippen LogP contribution in [0.1, 0.15) is 31.3 Å². The van der Waals surface area contributed by atoms with E-state index in [1.165, 1.54) is 6.07 Å². The van der Waals surface area contributed by atoms with Crippen molar-refractivity contribution in [3.8, 4) is 5.75 Å². The van der Waals surface area contributed by atoms with Gasteiger partial charge in [-0.1, -0.05) is 6.92 Å². The number of thiazole rings is 1. The van der Waals surface area contributed by atoms with Crippen molar-refractivity contribution < 1.29 is 9.66 Å². The Balaban J connectivity index is 2.23. The summed E-state index contributed by atoms with van der Waals surface area (Å²) in [6.45, 7) is 4.25. The molecule has 0 amide bonds. The number of nitro benzene ring substituents is 1. The van der Waals surface area contributed by atoms with Gasteiger partial charge in [0, 0.05) is 29.4 Å². The minimum atomic E-state index is -0.438. The summed E-state index contributed by atoms with van der Waals surface area (Å²) in [5, 5.41) is 17.2. The molecule has 1 aromatic carbocycles. The van der Waals surface area contributed by atoms with E-state index >= 15 is 0 Å². The summed E-state index contributed by atoms with van der Waals surface area (Å²) in [4.78, 5) is 14.8. The zero-order valence-corrected chi connectivity index (χ0v) is 12.7. The third kappa shape index (κ3) is 3.69. The second-order valence-electron chi connectivity index (χ2n) is 4.35. The lowest BCUT2D eigenvalue weighted by molar-refractivity contribution is -0.385. The lowest BCUT2D eigenvalue weighted by Gasteiger charge is -2.16. The molecule has 0 spiro atoms. The fourth-order valence-electron chi connectivity index (χ4n) is 1.97. The lowest BCUT2D eigenvalue weighted by Crippen LogP contribution is -2.09. The number of hydrogen-bond acceptors (Lipinski definition) is 6. The molecular weight excluding hydrogens is 290 g/mol. The monoisotopic (exact) mass is 307 g/mol. The first-order valence-electron chi connectivity index (χ1n) is 6.72. The van der Waals surface area contributed by atoms with Crippen LogP contribution in [0.5, 0.6) is 5.75 Å². The van der Waals surface area contributed by atoms with Crippen LogP contribution < -0.4 is 10.1 Å². The average Bonchev–Trinajstić information content (AvgIpc) is 2.99. The Kier molecular flexibility index (Phi) is 5.10. The predicted molar refractivity (Wildman–Crippen MR) is 83.0 cm³/mol. The quantitative estimate of drug-likeness (QED) is 0.617. The van der Waals surface area contributed by atoms with Crippen molar-refractivity contribution >= 4 is 22.7 Å². The van der Waals surface area contributed by atoms with Crippen molar-refractivity contribution in [1.82, 2.24) is 4.98 Å². The molecule has 0 saturated heterocycles. The molecule has 7 heteroatoms. The highest BCUT2D eigenvalue weighted by atomic mass is 32.1. The first-order valence-corrected chi connectivity index (χ1v) is 7.60. The molecular formula is C14H17N3O3S. The SMILES string of the molecule is CCOc1cc(NC(CC)c2nccs2)ccc1[N+](=O)[O-]. The van der Waals surface area contributed by atoms with Gasteiger partial charge in [0.1, 0.15) is 5.01 Å². The summed E-state index contributed by atoms with van der Waals surface area (Å²) in [5.41, 5.74) is 0.760. The zero-order chi connectivity index (χ0) is 15.2. The molecule has 21 heavy (non-hydrogen) atoms. The fourth-order valence-corrected chi connectivity index (χ4v) is 2.74. The maximum atomic E-state index is 11.0. The molecule has 1 unspecified atom stereocenters. The number of ether oxygens (including phenoxy) is 1. The van der Waals surface area contributed by atoms with Crippen molar-refractivity contribution in [2.45, 2.75) is 26.3 Å². The largest absolute Gasteiger partial charge is 0.487 e. The summed E-state index contributed by atoms with van der Waals surface area (Å²) in [6, 6.07) is 4.90. The lowest BCUT2D eigenvalue weighted by atomic mass is 10.2. The van der Waals surface area contributed by atoms with E-state index in [1.54, 1.807) is 36.6 Å². The van der Waals surface area contributed by atoms with E-state index in [4.69, 9.17) is 4.74 Å². The van der Waals surface area contributed by atoms with Crippen molar-refractivity contribution in [3.05, 3.63) is 44.9 Å². The highest BCUT2D eigenvalue weighted by Crippen LogP contribution is 2.32. The topological polar surface area (TPSA) is 77.3 Å². The number of aromatic nitrogens is 1. The minimum Gasteiger partial charge on any atom is -0.487 e. The number of nitrogens with zero attached hydrogens (tertiary/aromatic N) is 2. The number of hydrogen-bond donors (Lipinski definition) is 1. The highest BCUT2D eigenvalue weighted by Gasteiger charge is 2.17. The summed E-state index contributed by atoms with van der Waals surface area (Å²) in [6.07, 6.45) is 2.64. The molecule has 1 atom stereocenters. The van der Waals surface area contributed by atoms with Crippen molar-refractivity contribution in [3.63, 3.8) is 0 Å². The molecule has 0 fully saturated rings. The van der Waals surface area contributed by atoms with Crippen LogP contribution in [0.15, 0.2) is 29.8 Å². The molecule has 6 nitrogen and oxygen atoms in total. The second kappa shape index (κ2) is 7.03. The molecule has 112 valence electrons. The molecule has 0 bridgehead atoms. The van der Waals surface area contributed by atoms with Gasteiger partial charge < -0.3 is 10.1 Å². The van der Waals surface area contributed by atoms with Crippen molar-refractivity contribution in [2.24, 2.45) is 0 Å². The number of nitro groups is 1. The maximum Gasteiger partial charge on any atom is 0.311 e. The van der Waals surface area contributed by atoms with Gasteiger partial charge in [-0.05, 0) is 19.4 Å². The van der Waals surface area contributed by atoms with Crippen LogP contribution in [0.3, 0.4) is 0 Å². The third-order valence-corrected chi connectivity index (χ3v) is 3.84. The first-order chi connectivity index (χ1) is 10.2. The van der Waals surface area contributed by atoms with Gasteiger partial charge in [0.2, 0.25) is 0 Å². The molecule has 2 rings (SSSR count). The van der Waals surface area contributed by atoms with Crippen molar-refractivity contribution in [1.29, 1.82) is 0 Å². The van der Waals surface area contributed by atoms with Gasteiger partial charge in [0.25, 0.3) is 0 Å². The number of nitrogens with one attached hydrogen (secondary N) is 1. The number of rotatable bonds is 7. The summed E-state index contributed by atoms with van der Waals surface area (Å²) < 4.78 is 5.35. The minimum absolute atomic E-state index is 0.0234. The van der Waals surface area contributed by atoms with Crippen molar-refractivity contribution in [2.75, 3.05) is 11.9 Å². The van der Waals surface area contributed by atoms with E-state index in [9.17, 15) is 10.1 Å². The fraction of sp³-hybridized carbons (Fsp3) is 0.357. The van der Waals surface area contributed by atoms with Crippen LogP contribution in [0.4, 0.5) is 11.4 Å². The molecule has 0 aliphatic heterocycles. The normalized spacial score (nSPS) is 11.9. The van der Waals surface area contributed by atoms with Gasteiger partial charge in [-0.25, -0.2) is 4.98 Å². The molecule has 0 aliphatic rings. The van der Waals surface area contributed by atoms with Crippen LogP contribution in [0.2, 0.25) is 0 Å². The van der Waals surface area contributed by atoms with Gasteiger partial charge in [-0.3, -0.25) is 10.1 Å². The van der Waals surface area contributed by atoms with Crippen LogP contribution in [-0.2, 0) is 0 Å². The van der Waals surface area contributed by atoms with E-state index in [2.05, 4.69) is 17.2 Å². The van der Waals surface area contributed by atoms with Crippen LogP contribution in [0.25, 0.3) is 0 Å². The Morgan fingerprint density at radius 1 is 1.48 bits per heavy atom. The standard InChI is InChI=1S/C14H17N3O3S/c1-3-11(14-15-7-8-21-14)16-10-5-6-12(17(18)19)13(9-10)20-4-2/h5-9,11,16H,3-4H2,1-2H3. The van der Waals surface area contributed by atoms with Gasteiger partial charge in [-0.2, -0.15) is 0 Å². The third-order valence-electron chi connectivity index (χ3n) is 2.96. The Labute approximate surface area is 126 Å². The van der Waals surface area contributed by atoms with E-state index in [1.807, 2.05) is 5.38 Å². The average molecular weight is 307 g/mol. The van der Waals surface area contributed by atoms with Gasteiger partial charge in [-0.15, -0.1) is 11.3 Å². The van der Waals surface area contributed by atoms with Gasteiger partial charge >= 0.3 is 5.69 Å². The molecule has 1 N–H and O–H groups in total. The van der Waals surface area contributed by atoms with Gasteiger partial charge in [0.05, 0.1) is 17.6 Å². The van der Waals surface area contributed by atoms with E-state index in [0.29, 0.717) is 6.61 Å². The smallest absolute Gasteiger partial charge is 0.311 e. The Hall–Kier alpha value is -2.15. The van der Waals surface area contributed by atoms with Gasteiger partial charge in [0.15, 0.2) is 5.75 Å². The number of benzene rings is 1.